The zero-order valence-electron chi connectivity index (χ0n) is 9.61. The average Bonchev–Trinajstić information content (AvgIpc) is 3.12. The van der Waals surface area contributed by atoms with E-state index < -0.39 is 0 Å². The molecule has 1 aliphatic rings. The zero-order chi connectivity index (χ0) is 11.2. The summed E-state index contributed by atoms with van der Waals surface area (Å²) >= 11 is 0. The lowest BCUT2D eigenvalue weighted by atomic mass is 10.1. The topological polar surface area (TPSA) is 29.1 Å². The second-order valence-electron chi connectivity index (χ2n) is 4.60. The highest BCUT2D eigenvalue weighted by Gasteiger charge is 2.20. The number of hydrogen-bond donors (Lipinski definition) is 1. The van der Waals surface area contributed by atoms with Crippen LogP contribution in [0.25, 0.3) is 0 Å². The number of benzene rings is 1. The van der Waals surface area contributed by atoms with Crippen LogP contribution in [0.15, 0.2) is 30.3 Å². The van der Waals surface area contributed by atoms with Crippen LogP contribution in [0, 0.1) is 5.92 Å². The molecule has 1 aliphatic carbocycles. The van der Waals surface area contributed by atoms with Gasteiger partial charge in [0.25, 0.3) is 0 Å². The van der Waals surface area contributed by atoms with Gasteiger partial charge in [-0.15, -0.1) is 0 Å². The van der Waals surface area contributed by atoms with Crippen LogP contribution in [0.2, 0.25) is 0 Å². The maximum absolute atomic E-state index is 11.6. The van der Waals surface area contributed by atoms with Crippen LogP contribution in [0.5, 0.6) is 0 Å². The Morgan fingerprint density at radius 3 is 2.69 bits per heavy atom. The number of carbonyl (C=O) groups excluding carboxylic acids is 1. The molecule has 16 heavy (non-hydrogen) atoms. The van der Waals surface area contributed by atoms with Crippen molar-refractivity contribution in [2.45, 2.75) is 25.7 Å². The maximum atomic E-state index is 11.6. The van der Waals surface area contributed by atoms with Crippen LogP contribution in [-0.2, 0) is 11.2 Å². The fraction of sp³-hybridized carbons (Fsp3) is 0.500. The van der Waals surface area contributed by atoms with Crippen LogP contribution in [0.4, 0.5) is 0 Å². The molecule has 1 saturated carbocycles. The van der Waals surface area contributed by atoms with E-state index in [2.05, 4.69) is 17.4 Å². The van der Waals surface area contributed by atoms with E-state index in [1.165, 1.54) is 18.4 Å². The SMILES string of the molecule is O=C(CCc1ccccc1)CNCC1CC1. The van der Waals surface area contributed by atoms with Crippen LogP contribution in [-0.4, -0.2) is 18.9 Å². The van der Waals surface area contributed by atoms with Gasteiger partial charge in [0.05, 0.1) is 6.54 Å². The number of nitrogens with one attached hydrogen (secondary N) is 1. The first-order valence-electron chi connectivity index (χ1n) is 6.11. The first-order chi connectivity index (χ1) is 7.84. The molecule has 1 fully saturated rings. The van der Waals surface area contributed by atoms with Gasteiger partial charge >= 0.3 is 0 Å². The number of rotatable bonds is 7. The normalized spacial score (nSPS) is 15.0. The molecule has 0 aromatic heterocycles. The second kappa shape index (κ2) is 5.80. The van der Waals surface area contributed by atoms with Gasteiger partial charge in [-0.2, -0.15) is 0 Å². The van der Waals surface area contributed by atoms with Crippen molar-refractivity contribution in [3.05, 3.63) is 35.9 Å². The molecule has 2 nitrogen and oxygen atoms in total. The Balaban J connectivity index is 1.59. The molecule has 2 rings (SSSR count). The molecule has 0 aliphatic heterocycles. The maximum Gasteiger partial charge on any atom is 0.146 e. The van der Waals surface area contributed by atoms with E-state index in [4.69, 9.17) is 0 Å². The monoisotopic (exact) mass is 217 g/mol. The van der Waals surface area contributed by atoms with E-state index in [9.17, 15) is 4.79 Å². The molecular weight excluding hydrogens is 198 g/mol. The largest absolute Gasteiger partial charge is 0.310 e. The van der Waals surface area contributed by atoms with Crippen LogP contribution in [0.3, 0.4) is 0 Å². The molecule has 0 spiro atoms. The van der Waals surface area contributed by atoms with Gasteiger partial charge in [-0.3, -0.25) is 4.79 Å². The van der Waals surface area contributed by atoms with Gasteiger partial charge in [0.1, 0.15) is 5.78 Å². The minimum Gasteiger partial charge on any atom is -0.310 e. The summed E-state index contributed by atoms with van der Waals surface area (Å²) in [7, 11) is 0. The van der Waals surface area contributed by atoms with Crippen molar-refractivity contribution in [2.24, 2.45) is 5.92 Å². The Labute approximate surface area is 97.1 Å². The molecule has 0 heterocycles. The summed E-state index contributed by atoms with van der Waals surface area (Å²) in [5, 5.41) is 3.23. The number of hydrogen-bond acceptors (Lipinski definition) is 2. The summed E-state index contributed by atoms with van der Waals surface area (Å²) in [6.45, 7) is 1.57. The zero-order valence-corrected chi connectivity index (χ0v) is 9.61. The van der Waals surface area contributed by atoms with E-state index >= 15 is 0 Å². The van der Waals surface area contributed by atoms with Gasteiger partial charge in [0.15, 0.2) is 0 Å². The van der Waals surface area contributed by atoms with E-state index in [0.717, 1.165) is 18.9 Å². The molecule has 0 amide bonds. The van der Waals surface area contributed by atoms with Gasteiger partial charge in [0.2, 0.25) is 0 Å². The average molecular weight is 217 g/mol. The lowest BCUT2D eigenvalue weighted by Crippen LogP contribution is -2.25. The Morgan fingerprint density at radius 2 is 2.00 bits per heavy atom. The lowest BCUT2D eigenvalue weighted by Gasteiger charge is -2.03. The summed E-state index contributed by atoms with van der Waals surface area (Å²) < 4.78 is 0. The van der Waals surface area contributed by atoms with Gasteiger partial charge < -0.3 is 5.32 Å². The Bertz CT molecular complexity index is 330. The predicted octanol–water partition coefficient (Wildman–Crippen LogP) is 2.19. The summed E-state index contributed by atoms with van der Waals surface area (Å²) in [5.74, 6) is 1.17. The third-order valence-corrected chi connectivity index (χ3v) is 2.99. The van der Waals surface area contributed by atoms with Gasteiger partial charge in [0, 0.05) is 6.42 Å². The first-order valence-corrected chi connectivity index (χ1v) is 6.11. The molecule has 1 N–H and O–H groups in total. The number of Topliss-reactive ketones (excluding diaryl/α,β-unsaturated/α-hetero) is 1. The highest BCUT2D eigenvalue weighted by molar-refractivity contribution is 5.80. The molecule has 0 atom stereocenters. The summed E-state index contributed by atoms with van der Waals surface area (Å²) in [6.07, 6.45) is 4.20. The van der Waals surface area contributed by atoms with Gasteiger partial charge in [-0.05, 0) is 37.3 Å². The van der Waals surface area contributed by atoms with E-state index in [1.54, 1.807) is 0 Å². The molecular formula is C14H19NO. The van der Waals surface area contributed by atoms with Gasteiger partial charge in [-0.25, -0.2) is 0 Å². The van der Waals surface area contributed by atoms with Gasteiger partial charge in [-0.1, -0.05) is 30.3 Å². The highest BCUT2D eigenvalue weighted by Crippen LogP contribution is 2.27. The Morgan fingerprint density at radius 1 is 1.25 bits per heavy atom. The van der Waals surface area contributed by atoms with Crippen LogP contribution >= 0.6 is 0 Å². The molecule has 2 heteroatoms. The smallest absolute Gasteiger partial charge is 0.146 e. The third-order valence-electron chi connectivity index (χ3n) is 2.99. The number of carbonyl (C=O) groups is 1. The third kappa shape index (κ3) is 4.15. The molecule has 0 saturated heterocycles. The number of ketones is 1. The minimum absolute atomic E-state index is 0.324. The van der Waals surface area contributed by atoms with E-state index in [1.807, 2.05) is 18.2 Å². The van der Waals surface area contributed by atoms with Crippen LogP contribution < -0.4 is 5.32 Å². The molecule has 1 aromatic rings. The number of aryl methyl sites for hydroxylation is 1. The summed E-state index contributed by atoms with van der Waals surface area (Å²) in [5.41, 5.74) is 1.25. The van der Waals surface area contributed by atoms with Crippen molar-refractivity contribution in [2.75, 3.05) is 13.1 Å². The van der Waals surface area contributed by atoms with Crippen LogP contribution in [0.1, 0.15) is 24.8 Å². The standard InChI is InChI=1S/C14H19NO/c16-14(11-15-10-13-6-7-13)9-8-12-4-2-1-3-5-12/h1-5,13,15H,6-11H2. The fourth-order valence-electron chi connectivity index (χ4n) is 1.75. The molecule has 0 radical (unpaired) electrons. The summed E-state index contributed by atoms with van der Waals surface area (Å²) in [6, 6.07) is 10.2. The Kier molecular flexibility index (Phi) is 4.11. The highest BCUT2D eigenvalue weighted by atomic mass is 16.1. The molecule has 86 valence electrons. The Hall–Kier alpha value is -1.15. The molecule has 1 aromatic carbocycles. The van der Waals surface area contributed by atoms with E-state index in [0.29, 0.717) is 18.7 Å². The molecule has 0 unspecified atom stereocenters. The minimum atomic E-state index is 0.324. The summed E-state index contributed by atoms with van der Waals surface area (Å²) in [4.78, 5) is 11.6. The van der Waals surface area contributed by atoms with Crippen molar-refractivity contribution in [1.29, 1.82) is 0 Å². The van der Waals surface area contributed by atoms with Crippen molar-refractivity contribution in [1.82, 2.24) is 5.32 Å². The molecule has 0 bridgehead atoms. The van der Waals surface area contributed by atoms with Crippen molar-refractivity contribution < 1.29 is 4.79 Å². The quantitative estimate of drug-likeness (QED) is 0.758. The lowest BCUT2D eigenvalue weighted by molar-refractivity contribution is -0.118. The van der Waals surface area contributed by atoms with Crippen molar-refractivity contribution >= 4 is 5.78 Å². The van der Waals surface area contributed by atoms with Crippen molar-refractivity contribution in [3.8, 4) is 0 Å². The second-order valence-corrected chi connectivity index (χ2v) is 4.60. The fourth-order valence-corrected chi connectivity index (χ4v) is 1.75. The van der Waals surface area contributed by atoms with E-state index in [-0.39, 0.29) is 0 Å². The predicted molar refractivity (Wildman–Crippen MR) is 65.4 cm³/mol. The van der Waals surface area contributed by atoms with Crippen molar-refractivity contribution in [3.63, 3.8) is 0 Å². The first kappa shape index (κ1) is 11.3.